The Morgan fingerprint density at radius 1 is 1.46 bits per heavy atom. The number of halogens is 3. The van der Waals surface area contributed by atoms with Gasteiger partial charge in [-0.1, -0.05) is 34.5 Å². The van der Waals surface area contributed by atoms with Crippen molar-refractivity contribution in [3.05, 3.63) is 32.8 Å². The minimum Gasteiger partial charge on any atom is -0.118 e. The molecule has 0 aromatic heterocycles. The number of alkyl halides is 1. The maximum absolute atomic E-state index is 6.26. The Morgan fingerprint density at radius 3 is 2.85 bits per heavy atom. The smallest absolute Gasteiger partial charge is 0.0617 e. The fraction of sp³-hybridized carbons (Fsp3) is 0.400. The lowest BCUT2D eigenvalue weighted by Crippen LogP contribution is -1.94. The summed E-state index contributed by atoms with van der Waals surface area (Å²) >= 11 is 15.7. The van der Waals surface area contributed by atoms with Crippen LogP contribution in [0.15, 0.2) is 16.6 Å². The van der Waals surface area contributed by atoms with E-state index in [1.165, 1.54) is 11.1 Å². The Morgan fingerprint density at radius 2 is 2.15 bits per heavy atom. The third-order valence-corrected chi connectivity index (χ3v) is 4.11. The van der Waals surface area contributed by atoms with Crippen LogP contribution in [0.2, 0.25) is 5.02 Å². The summed E-state index contributed by atoms with van der Waals surface area (Å²) in [5.74, 6) is 0.506. The van der Waals surface area contributed by atoms with Crippen LogP contribution in [0, 0.1) is 5.92 Å². The van der Waals surface area contributed by atoms with E-state index in [0.717, 1.165) is 15.9 Å². The van der Waals surface area contributed by atoms with Gasteiger partial charge in [-0.15, -0.1) is 11.6 Å². The molecule has 0 saturated heterocycles. The topological polar surface area (TPSA) is 0 Å². The van der Waals surface area contributed by atoms with Crippen molar-refractivity contribution < 1.29 is 0 Å². The normalized spacial score (nSPS) is 26.2. The predicted molar refractivity (Wildman–Crippen MR) is 60.6 cm³/mol. The number of fused-ring (bicyclic) bond motifs is 1. The first-order valence-corrected chi connectivity index (χ1v) is 5.82. The average molecular weight is 280 g/mol. The lowest BCUT2D eigenvalue weighted by Gasteiger charge is -2.07. The minimum atomic E-state index is 0.116. The fourth-order valence-corrected chi connectivity index (χ4v) is 3.10. The Balaban J connectivity index is 2.57. The monoisotopic (exact) mass is 278 g/mol. The number of benzene rings is 1. The van der Waals surface area contributed by atoms with E-state index in [4.69, 9.17) is 23.2 Å². The first-order valence-electron chi connectivity index (χ1n) is 4.21. The van der Waals surface area contributed by atoms with E-state index in [2.05, 4.69) is 22.9 Å². The Kier molecular flexibility index (Phi) is 2.61. The zero-order chi connectivity index (χ0) is 9.59. The second-order valence-corrected chi connectivity index (χ2v) is 5.30. The van der Waals surface area contributed by atoms with Crippen LogP contribution in [0.3, 0.4) is 0 Å². The lowest BCUT2D eigenvalue weighted by atomic mass is 10.1. The maximum atomic E-state index is 6.26. The first-order chi connectivity index (χ1) is 6.09. The van der Waals surface area contributed by atoms with Gasteiger partial charge in [-0.05, 0) is 35.6 Å². The predicted octanol–water partition coefficient (Wildman–Crippen LogP) is 4.57. The molecule has 0 aliphatic heterocycles. The van der Waals surface area contributed by atoms with Crippen LogP contribution in [0.25, 0.3) is 0 Å². The third-order valence-electron chi connectivity index (χ3n) is 2.52. The second kappa shape index (κ2) is 3.45. The van der Waals surface area contributed by atoms with Crippen molar-refractivity contribution in [3.63, 3.8) is 0 Å². The largest absolute Gasteiger partial charge is 0.118 e. The number of rotatable bonds is 0. The maximum Gasteiger partial charge on any atom is 0.0617 e. The van der Waals surface area contributed by atoms with Crippen LogP contribution in [0.5, 0.6) is 0 Å². The van der Waals surface area contributed by atoms with Crippen LogP contribution < -0.4 is 0 Å². The molecule has 0 bridgehead atoms. The highest BCUT2D eigenvalue weighted by Gasteiger charge is 2.29. The van der Waals surface area contributed by atoms with Gasteiger partial charge in [0.2, 0.25) is 0 Å². The average Bonchev–Trinajstić information content (AvgIpc) is 2.32. The van der Waals surface area contributed by atoms with Crippen LogP contribution in [-0.2, 0) is 6.42 Å². The minimum absolute atomic E-state index is 0.116. The fourth-order valence-electron chi connectivity index (χ4n) is 1.82. The molecule has 3 heteroatoms. The summed E-state index contributed by atoms with van der Waals surface area (Å²) in [5, 5.41) is 0.871. The number of hydrogen-bond acceptors (Lipinski definition) is 0. The molecule has 1 aromatic carbocycles. The van der Waals surface area contributed by atoms with Crippen LogP contribution in [0.1, 0.15) is 23.4 Å². The van der Waals surface area contributed by atoms with E-state index in [-0.39, 0.29) is 5.38 Å². The standard InChI is InChI=1S/C10H9BrCl2/c1-5-2-7-8(10(5)13)3-6(12)4-9(7)11/h3-5,10H,2H2,1H3. The highest BCUT2D eigenvalue weighted by Crippen LogP contribution is 2.44. The number of hydrogen-bond donors (Lipinski definition) is 0. The molecule has 13 heavy (non-hydrogen) atoms. The van der Waals surface area contributed by atoms with E-state index < -0.39 is 0 Å². The van der Waals surface area contributed by atoms with Crippen LogP contribution in [-0.4, -0.2) is 0 Å². The van der Waals surface area contributed by atoms with Crippen LogP contribution in [0.4, 0.5) is 0 Å². The van der Waals surface area contributed by atoms with Gasteiger partial charge in [0.05, 0.1) is 5.38 Å². The van der Waals surface area contributed by atoms with Crippen LogP contribution >= 0.6 is 39.1 Å². The van der Waals surface area contributed by atoms with Crippen molar-refractivity contribution in [2.24, 2.45) is 5.92 Å². The molecule has 0 saturated carbocycles. The molecule has 0 fully saturated rings. The summed E-state index contributed by atoms with van der Waals surface area (Å²) < 4.78 is 1.09. The summed E-state index contributed by atoms with van der Waals surface area (Å²) in [7, 11) is 0. The van der Waals surface area contributed by atoms with Gasteiger partial charge in [0.15, 0.2) is 0 Å². The van der Waals surface area contributed by atoms with E-state index in [9.17, 15) is 0 Å². The Labute approximate surface area is 96.4 Å². The molecule has 2 atom stereocenters. The zero-order valence-corrected chi connectivity index (χ0v) is 10.2. The molecule has 0 nitrogen and oxygen atoms in total. The van der Waals surface area contributed by atoms with Gasteiger partial charge < -0.3 is 0 Å². The van der Waals surface area contributed by atoms with Crippen molar-refractivity contribution in [3.8, 4) is 0 Å². The van der Waals surface area contributed by atoms with Gasteiger partial charge in [0.25, 0.3) is 0 Å². The van der Waals surface area contributed by atoms with Gasteiger partial charge in [-0.2, -0.15) is 0 Å². The van der Waals surface area contributed by atoms with Gasteiger partial charge in [-0.25, -0.2) is 0 Å². The van der Waals surface area contributed by atoms with Crippen molar-refractivity contribution in [1.82, 2.24) is 0 Å². The summed E-state index contributed by atoms with van der Waals surface area (Å²) in [4.78, 5) is 0. The van der Waals surface area contributed by atoms with Gasteiger partial charge in [-0.3, -0.25) is 0 Å². The zero-order valence-electron chi connectivity index (χ0n) is 7.15. The summed E-state index contributed by atoms with van der Waals surface area (Å²) in [6.07, 6.45) is 1.04. The van der Waals surface area contributed by atoms with Gasteiger partial charge in [0.1, 0.15) is 0 Å². The molecular formula is C10H9BrCl2. The quantitative estimate of drug-likeness (QED) is 0.610. The Hall–Kier alpha value is 0.280. The molecule has 1 aliphatic rings. The molecule has 0 heterocycles. The molecule has 0 radical (unpaired) electrons. The molecule has 0 N–H and O–H groups in total. The molecule has 2 rings (SSSR count). The molecule has 1 aliphatic carbocycles. The van der Waals surface area contributed by atoms with Crippen molar-refractivity contribution >= 4 is 39.1 Å². The summed E-state index contributed by atoms with van der Waals surface area (Å²) in [6.45, 7) is 2.16. The lowest BCUT2D eigenvalue weighted by molar-refractivity contribution is 0.608. The van der Waals surface area contributed by atoms with Crippen molar-refractivity contribution in [2.75, 3.05) is 0 Å². The Bertz CT molecular complexity index is 349. The van der Waals surface area contributed by atoms with Gasteiger partial charge >= 0.3 is 0 Å². The summed E-state index contributed by atoms with van der Waals surface area (Å²) in [5.41, 5.74) is 2.51. The second-order valence-electron chi connectivity index (χ2n) is 3.54. The molecule has 0 spiro atoms. The van der Waals surface area contributed by atoms with Crippen molar-refractivity contribution in [2.45, 2.75) is 18.7 Å². The first kappa shape index (κ1) is 9.82. The molecular weight excluding hydrogens is 271 g/mol. The molecule has 2 unspecified atom stereocenters. The SMILES string of the molecule is CC1Cc2c(Br)cc(Cl)cc2C1Cl. The molecule has 1 aromatic rings. The molecule has 70 valence electrons. The van der Waals surface area contributed by atoms with E-state index in [0.29, 0.717) is 5.92 Å². The summed E-state index contributed by atoms with van der Waals surface area (Å²) in [6, 6.07) is 3.91. The van der Waals surface area contributed by atoms with E-state index >= 15 is 0 Å². The van der Waals surface area contributed by atoms with E-state index in [1.807, 2.05) is 12.1 Å². The van der Waals surface area contributed by atoms with Crippen molar-refractivity contribution in [1.29, 1.82) is 0 Å². The highest BCUT2D eigenvalue weighted by molar-refractivity contribution is 9.10. The highest BCUT2D eigenvalue weighted by atomic mass is 79.9. The molecule has 0 amide bonds. The third kappa shape index (κ3) is 1.62. The van der Waals surface area contributed by atoms with E-state index in [1.54, 1.807) is 0 Å². The van der Waals surface area contributed by atoms with Gasteiger partial charge in [0, 0.05) is 9.50 Å².